The van der Waals surface area contributed by atoms with E-state index in [0.29, 0.717) is 17.7 Å². The summed E-state index contributed by atoms with van der Waals surface area (Å²) in [6, 6.07) is 27.3. The van der Waals surface area contributed by atoms with Crippen LogP contribution in [0.4, 0.5) is 10.1 Å². The highest BCUT2D eigenvalue weighted by Crippen LogP contribution is 2.27. The van der Waals surface area contributed by atoms with Crippen molar-refractivity contribution in [1.82, 2.24) is 10.2 Å². The molecule has 4 aromatic carbocycles. The lowest BCUT2D eigenvalue weighted by atomic mass is 10.0. The van der Waals surface area contributed by atoms with Crippen LogP contribution in [0.25, 0.3) is 0 Å². The standard InChI is InChI=1S/C36H40FN3O4S2/c1-5-27(3)38-36(42)34(23-28-9-7-6-8-10-28)39(24-29-13-15-30(37)16-14-29)35(41)25-40(31-17-11-26(2)12-18-31)46(43,44)33-21-19-32(45-4)20-22-33/h6-22,27,34H,5,23-25H2,1-4H3,(H,38,42). The van der Waals surface area contributed by atoms with Gasteiger partial charge in [-0.2, -0.15) is 0 Å². The highest BCUT2D eigenvalue weighted by Gasteiger charge is 2.35. The monoisotopic (exact) mass is 661 g/mol. The number of benzene rings is 4. The number of rotatable bonds is 14. The van der Waals surface area contributed by atoms with Crippen molar-refractivity contribution in [1.29, 1.82) is 0 Å². The number of carbonyl (C=O) groups is 2. The summed E-state index contributed by atoms with van der Waals surface area (Å²) in [4.78, 5) is 30.7. The highest BCUT2D eigenvalue weighted by atomic mass is 32.2. The zero-order valence-electron chi connectivity index (χ0n) is 26.5. The summed E-state index contributed by atoms with van der Waals surface area (Å²) in [6.07, 6.45) is 2.79. The molecule has 0 aliphatic rings. The predicted molar refractivity (Wildman–Crippen MR) is 183 cm³/mol. The number of nitrogens with zero attached hydrogens (tertiary/aromatic N) is 2. The topological polar surface area (TPSA) is 86.8 Å². The lowest BCUT2D eigenvalue weighted by Gasteiger charge is -2.34. The van der Waals surface area contributed by atoms with E-state index < -0.39 is 34.3 Å². The third kappa shape index (κ3) is 8.98. The number of nitrogens with one attached hydrogen (secondary N) is 1. The first-order valence-corrected chi connectivity index (χ1v) is 17.8. The Bertz CT molecular complexity index is 1700. The molecule has 0 spiro atoms. The van der Waals surface area contributed by atoms with Crippen molar-refractivity contribution in [3.05, 3.63) is 126 Å². The van der Waals surface area contributed by atoms with Gasteiger partial charge in [0.1, 0.15) is 18.4 Å². The molecular weight excluding hydrogens is 622 g/mol. The van der Waals surface area contributed by atoms with Crippen molar-refractivity contribution < 1.29 is 22.4 Å². The van der Waals surface area contributed by atoms with E-state index in [1.165, 1.54) is 40.9 Å². The van der Waals surface area contributed by atoms with Crippen LogP contribution in [-0.2, 0) is 32.6 Å². The average Bonchev–Trinajstić information content (AvgIpc) is 3.06. The maximum Gasteiger partial charge on any atom is 0.264 e. The maximum atomic E-state index is 14.5. The van der Waals surface area contributed by atoms with Crippen LogP contribution in [-0.4, -0.2) is 50.0 Å². The Morgan fingerprint density at radius 1 is 0.870 bits per heavy atom. The Hall–Kier alpha value is -4.15. The van der Waals surface area contributed by atoms with E-state index in [4.69, 9.17) is 0 Å². The number of amides is 2. The quantitative estimate of drug-likeness (QED) is 0.154. The molecule has 0 fully saturated rings. The van der Waals surface area contributed by atoms with Crippen LogP contribution in [0.2, 0.25) is 0 Å². The molecule has 0 aromatic heterocycles. The molecule has 0 bridgehead atoms. The Morgan fingerprint density at radius 3 is 2.09 bits per heavy atom. The lowest BCUT2D eigenvalue weighted by molar-refractivity contribution is -0.140. The van der Waals surface area contributed by atoms with Gasteiger partial charge in [-0.25, -0.2) is 12.8 Å². The van der Waals surface area contributed by atoms with E-state index in [9.17, 15) is 22.4 Å². The van der Waals surface area contributed by atoms with E-state index in [-0.39, 0.29) is 29.8 Å². The van der Waals surface area contributed by atoms with Crippen molar-refractivity contribution in [2.24, 2.45) is 0 Å². The zero-order valence-corrected chi connectivity index (χ0v) is 28.2. The molecule has 10 heteroatoms. The maximum absolute atomic E-state index is 14.5. The Morgan fingerprint density at radius 2 is 1.50 bits per heavy atom. The SMILES string of the molecule is CCC(C)NC(=O)C(Cc1ccccc1)N(Cc1ccc(F)cc1)C(=O)CN(c1ccc(C)cc1)S(=O)(=O)c1ccc(SC)cc1. The summed E-state index contributed by atoms with van der Waals surface area (Å²) in [6.45, 7) is 5.14. The van der Waals surface area contributed by atoms with Gasteiger partial charge in [-0.05, 0) is 86.2 Å². The minimum absolute atomic E-state index is 0.0330. The largest absolute Gasteiger partial charge is 0.352 e. The van der Waals surface area contributed by atoms with Gasteiger partial charge in [0.15, 0.2) is 0 Å². The van der Waals surface area contributed by atoms with Crippen LogP contribution in [0.5, 0.6) is 0 Å². The van der Waals surface area contributed by atoms with Crippen molar-refractivity contribution in [2.45, 2.75) is 62.0 Å². The summed E-state index contributed by atoms with van der Waals surface area (Å²) < 4.78 is 43.3. The van der Waals surface area contributed by atoms with Crippen molar-refractivity contribution in [3.8, 4) is 0 Å². The molecule has 7 nitrogen and oxygen atoms in total. The number of halogens is 1. The van der Waals surface area contributed by atoms with Gasteiger partial charge in [0.25, 0.3) is 10.0 Å². The van der Waals surface area contributed by atoms with Gasteiger partial charge in [0.05, 0.1) is 10.6 Å². The first kappa shape index (κ1) is 34.7. The average molecular weight is 662 g/mol. The third-order valence-electron chi connectivity index (χ3n) is 7.79. The number of hydrogen-bond donors (Lipinski definition) is 1. The van der Waals surface area contributed by atoms with Gasteiger partial charge >= 0.3 is 0 Å². The van der Waals surface area contributed by atoms with Crippen LogP contribution < -0.4 is 9.62 Å². The molecule has 4 aromatic rings. The first-order chi connectivity index (χ1) is 22.0. The third-order valence-corrected chi connectivity index (χ3v) is 10.3. The van der Waals surface area contributed by atoms with Gasteiger partial charge in [-0.1, -0.05) is 67.1 Å². The predicted octanol–water partition coefficient (Wildman–Crippen LogP) is 6.61. The van der Waals surface area contributed by atoms with Gasteiger partial charge in [-0.15, -0.1) is 11.8 Å². The molecule has 242 valence electrons. The molecule has 0 saturated heterocycles. The van der Waals surface area contributed by atoms with Gasteiger partial charge < -0.3 is 10.2 Å². The normalized spacial score (nSPS) is 12.6. The Kier molecular flexibility index (Phi) is 12.0. The fraction of sp³-hybridized carbons (Fsp3) is 0.278. The van der Waals surface area contributed by atoms with E-state index in [1.807, 2.05) is 57.4 Å². The summed E-state index contributed by atoms with van der Waals surface area (Å²) in [5.74, 6) is -1.36. The summed E-state index contributed by atoms with van der Waals surface area (Å²) in [5.41, 5.74) is 2.68. The Balaban J connectivity index is 1.80. The molecule has 46 heavy (non-hydrogen) atoms. The van der Waals surface area contributed by atoms with E-state index >= 15 is 0 Å². The summed E-state index contributed by atoms with van der Waals surface area (Å²) in [5, 5.41) is 3.01. The fourth-order valence-electron chi connectivity index (χ4n) is 4.90. The van der Waals surface area contributed by atoms with E-state index in [2.05, 4.69) is 5.32 Å². The first-order valence-electron chi connectivity index (χ1n) is 15.1. The second kappa shape index (κ2) is 15.9. The Labute approximate surface area is 275 Å². The van der Waals surface area contributed by atoms with Crippen LogP contribution in [0.15, 0.2) is 113 Å². The van der Waals surface area contributed by atoms with Gasteiger partial charge in [-0.3, -0.25) is 13.9 Å². The van der Waals surface area contributed by atoms with Crippen LogP contribution in [0, 0.1) is 12.7 Å². The fourth-order valence-corrected chi connectivity index (χ4v) is 6.72. The molecule has 0 aliphatic heterocycles. The molecule has 2 amide bonds. The number of aryl methyl sites for hydroxylation is 1. The molecule has 2 unspecified atom stereocenters. The van der Waals surface area contributed by atoms with Crippen LogP contribution in [0.1, 0.15) is 37.0 Å². The molecule has 0 aliphatic carbocycles. The lowest BCUT2D eigenvalue weighted by Crippen LogP contribution is -2.54. The smallest absolute Gasteiger partial charge is 0.264 e. The number of anilines is 1. The van der Waals surface area contributed by atoms with E-state index in [1.54, 1.807) is 48.5 Å². The van der Waals surface area contributed by atoms with Crippen LogP contribution >= 0.6 is 11.8 Å². The molecule has 1 N–H and O–H groups in total. The molecule has 4 rings (SSSR count). The number of hydrogen-bond acceptors (Lipinski definition) is 5. The highest BCUT2D eigenvalue weighted by molar-refractivity contribution is 7.98. The van der Waals surface area contributed by atoms with Gasteiger partial charge in [0, 0.05) is 23.9 Å². The van der Waals surface area contributed by atoms with Crippen molar-refractivity contribution in [2.75, 3.05) is 17.1 Å². The van der Waals surface area contributed by atoms with Gasteiger partial charge in [0.2, 0.25) is 11.8 Å². The molecule has 0 saturated carbocycles. The molecule has 0 heterocycles. The minimum atomic E-state index is -4.20. The zero-order chi connectivity index (χ0) is 33.3. The number of sulfonamides is 1. The molecule has 0 radical (unpaired) electrons. The number of carbonyl (C=O) groups excluding carboxylic acids is 2. The summed E-state index contributed by atoms with van der Waals surface area (Å²) >= 11 is 1.49. The van der Waals surface area contributed by atoms with E-state index in [0.717, 1.165) is 20.3 Å². The van der Waals surface area contributed by atoms with Crippen molar-refractivity contribution in [3.63, 3.8) is 0 Å². The van der Waals surface area contributed by atoms with Crippen LogP contribution in [0.3, 0.4) is 0 Å². The summed E-state index contributed by atoms with van der Waals surface area (Å²) in [7, 11) is -4.20. The molecule has 2 atom stereocenters. The second-order valence-electron chi connectivity index (χ2n) is 11.2. The van der Waals surface area contributed by atoms with Crippen molar-refractivity contribution >= 4 is 39.3 Å². The molecular formula is C36H40FN3O4S2. The second-order valence-corrected chi connectivity index (χ2v) is 13.9. The minimum Gasteiger partial charge on any atom is -0.352 e. The number of thioether (sulfide) groups is 1.